The van der Waals surface area contributed by atoms with Gasteiger partial charge in [-0.1, -0.05) is 0 Å². The van der Waals surface area contributed by atoms with Gasteiger partial charge in [0.25, 0.3) is 0 Å². The Hall–Kier alpha value is -2.15. The van der Waals surface area contributed by atoms with E-state index in [1.165, 1.54) is 45.4 Å². The highest BCUT2D eigenvalue weighted by Crippen LogP contribution is 2.37. The number of rotatable bonds is 8. The minimum atomic E-state index is -4.81. The molecule has 2 aromatic rings. The van der Waals surface area contributed by atoms with E-state index in [9.17, 15) is 17.4 Å². The Kier molecular flexibility index (Phi) is 8.15. The molecule has 1 fully saturated rings. The predicted octanol–water partition coefficient (Wildman–Crippen LogP) is 3.96. The molecular weight excluding hydrogens is 469 g/mol. The van der Waals surface area contributed by atoms with E-state index in [-0.39, 0.29) is 5.75 Å². The van der Waals surface area contributed by atoms with Crippen LogP contribution >= 0.6 is 11.9 Å². The van der Waals surface area contributed by atoms with Crippen molar-refractivity contribution >= 4 is 22.9 Å². The summed E-state index contributed by atoms with van der Waals surface area (Å²) in [5.41, 5.74) is 0. The van der Waals surface area contributed by atoms with E-state index in [2.05, 4.69) is 4.74 Å². The van der Waals surface area contributed by atoms with Gasteiger partial charge in [-0.05, 0) is 42.3 Å². The molecule has 0 aliphatic carbocycles. The Morgan fingerprint density at radius 3 is 2.03 bits per heavy atom. The van der Waals surface area contributed by atoms with Crippen molar-refractivity contribution in [2.75, 3.05) is 47.5 Å². The van der Waals surface area contributed by atoms with Crippen molar-refractivity contribution < 1.29 is 36.3 Å². The fourth-order valence-electron chi connectivity index (χ4n) is 3.07. The van der Waals surface area contributed by atoms with Gasteiger partial charge in [0.2, 0.25) is 0 Å². The molecule has 7 nitrogen and oxygen atoms in total. The highest BCUT2D eigenvalue weighted by molar-refractivity contribution is 7.97. The second-order valence-electron chi connectivity index (χ2n) is 6.58. The molecule has 0 aromatic heterocycles. The summed E-state index contributed by atoms with van der Waals surface area (Å²) in [6, 6.07) is 9.54. The third-order valence-corrected chi connectivity index (χ3v) is 7.16. The number of ether oxygens (including phenoxy) is 4. The van der Waals surface area contributed by atoms with E-state index in [4.69, 9.17) is 14.2 Å². The molecule has 1 unspecified atom stereocenters. The molecule has 3 rings (SSSR count). The first-order valence-corrected chi connectivity index (χ1v) is 11.4. The number of halogens is 3. The molecule has 1 heterocycles. The molecule has 176 valence electrons. The lowest BCUT2D eigenvalue weighted by molar-refractivity contribution is -0.275. The lowest BCUT2D eigenvalue weighted by atomic mass is 10.3. The first-order chi connectivity index (χ1) is 15.2. The van der Waals surface area contributed by atoms with Crippen molar-refractivity contribution in [2.24, 2.45) is 0 Å². The van der Waals surface area contributed by atoms with Gasteiger partial charge in [-0.15, -0.1) is 13.2 Å². The van der Waals surface area contributed by atoms with Crippen LogP contribution in [-0.4, -0.2) is 66.7 Å². The van der Waals surface area contributed by atoms with Crippen molar-refractivity contribution in [3.8, 4) is 23.0 Å². The van der Waals surface area contributed by atoms with Gasteiger partial charge in [0, 0.05) is 37.1 Å². The summed E-state index contributed by atoms with van der Waals surface area (Å²) >= 11 is 1.31. The summed E-state index contributed by atoms with van der Waals surface area (Å²) in [5, 5.41) is 0. The SMILES string of the molecule is COc1ccc(S(=O)N2CCN(Sc3ccc(OC)c(OC(F)(F)F)c3)CC2)cc1OC. The summed E-state index contributed by atoms with van der Waals surface area (Å²) < 4.78 is 74.2. The Morgan fingerprint density at radius 1 is 0.844 bits per heavy atom. The first kappa shape index (κ1) is 24.5. The van der Waals surface area contributed by atoms with Gasteiger partial charge in [-0.2, -0.15) is 0 Å². The van der Waals surface area contributed by atoms with Crippen LogP contribution in [0.5, 0.6) is 23.0 Å². The zero-order valence-corrected chi connectivity index (χ0v) is 19.3. The van der Waals surface area contributed by atoms with Crippen LogP contribution in [0.3, 0.4) is 0 Å². The van der Waals surface area contributed by atoms with Crippen molar-refractivity contribution in [1.29, 1.82) is 0 Å². The van der Waals surface area contributed by atoms with Gasteiger partial charge in [0.05, 0.1) is 26.2 Å². The van der Waals surface area contributed by atoms with Crippen LogP contribution in [0.15, 0.2) is 46.2 Å². The monoisotopic (exact) mass is 492 g/mol. The second kappa shape index (κ2) is 10.6. The molecule has 2 aromatic carbocycles. The fraction of sp³-hybridized carbons (Fsp3) is 0.400. The molecular formula is C20H23F3N2O5S2. The molecule has 0 radical (unpaired) electrons. The lowest BCUT2D eigenvalue weighted by Gasteiger charge is -2.32. The van der Waals surface area contributed by atoms with Crippen LogP contribution in [0.2, 0.25) is 0 Å². The van der Waals surface area contributed by atoms with Gasteiger partial charge in [-0.25, -0.2) is 12.8 Å². The second-order valence-corrected chi connectivity index (χ2v) is 9.23. The van der Waals surface area contributed by atoms with Crippen molar-refractivity contribution in [3.05, 3.63) is 36.4 Å². The van der Waals surface area contributed by atoms with Crippen molar-refractivity contribution in [3.63, 3.8) is 0 Å². The number of hydrogen-bond acceptors (Lipinski definition) is 7. The molecule has 1 aliphatic rings. The molecule has 1 atom stereocenters. The largest absolute Gasteiger partial charge is 0.573 e. The molecule has 0 amide bonds. The highest BCUT2D eigenvalue weighted by Gasteiger charge is 2.33. The van der Waals surface area contributed by atoms with E-state index < -0.39 is 23.1 Å². The normalized spacial score (nSPS) is 16.4. The minimum Gasteiger partial charge on any atom is -0.493 e. The van der Waals surface area contributed by atoms with E-state index in [1.807, 2.05) is 8.61 Å². The first-order valence-electron chi connectivity index (χ1n) is 9.49. The van der Waals surface area contributed by atoms with E-state index in [0.717, 1.165) is 0 Å². The Bertz CT molecular complexity index is 953. The maximum absolute atomic E-state index is 13.0. The third kappa shape index (κ3) is 6.21. The topological polar surface area (TPSA) is 60.5 Å². The van der Waals surface area contributed by atoms with Gasteiger partial charge < -0.3 is 18.9 Å². The number of methoxy groups -OCH3 is 3. The maximum atomic E-state index is 13.0. The number of piperazine rings is 1. The van der Waals surface area contributed by atoms with Crippen LogP contribution < -0.4 is 18.9 Å². The summed E-state index contributed by atoms with van der Waals surface area (Å²) in [6.07, 6.45) is -4.81. The number of nitrogens with zero attached hydrogens (tertiary/aromatic N) is 2. The molecule has 1 aliphatic heterocycles. The van der Waals surface area contributed by atoms with Crippen LogP contribution in [0.4, 0.5) is 13.2 Å². The summed E-state index contributed by atoms with van der Waals surface area (Å²) in [4.78, 5) is 1.19. The molecule has 0 bridgehead atoms. The Morgan fingerprint density at radius 2 is 1.44 bits per heavy atom. The smallest absolute Gasteiger partial charge is 0.493 e. The fourth-order valence-corrected chi connectivity index (χ4v) is 5.19. The number of hydrogen-bond donors (Lipinski definition) is 0. The summed E-state index contributed by atoms with van der Waals surface area (Å²) in [7, 11) is 2.96. The van der Waals surface area contributed by atoms with E-state index >= 15 is 0 Å². The molecule has 32 heavy (non-hydrogen) atoms. The van der Waals surface area contributed by atoms with Crippen molar-refractivity contribution in [1.82, 2.24) is 8.61 Å². The highest BCUT2D eigenvalue weighted by atomic mass is 32.2. The zero-order chi connectivity index (χ0) is 23.3. The van der Waals surface area contributed by atoms with Gasteiger partial charge >= 0.3 is 6.36 Å². The van der Waals surface area contributed by atoms with Crippen molar-refractivity contribution in [2.45, 2.75) is 16.2 Å². The van der Waals surface area contributed by atoms with Gasteiger partial charge in [-0.3, -0.25) is 0 Å². The van der Waals surface area contributed by atoms with Crippen LogP contribution in [0.1, 0.15) is 0 Å². The molecule has 0 saturated carbocycles. The van der Waals surface area contributed by atoms with Crippen LogP contribution in [0, 0.1) is 0 Å². The molecule has 12 heteroatoms. The third-order valence-electron chi connectivity index (χ3n) is 4.58. The van der Waals surface area contributed by atoms with Crippen LogP contribution in [0.25, 0.3) is 0 Å². The van der Waals surface area contributed by atoms with E-state index in [0.29, 0.717) is 47.5 Å². The molecule has 0 spiro atoms. The summed E-state index contributed by atoms with van der Waals surface area (Å²) in [6.45, 7) is 2.20. The standard InChI is InChI=1S/C20H23F3N2O5S2/c1-27-16-7-5-15(13-18(16)29-3)32(26)25-10-8-24(9-11-25)31-14-4-6-17(28-2)19(12-14)30-20(21,22)23/h4-7,12-13H,8-11H2,1-3H3. The van der Waals surface area contributed by atoms with Gasteiger partial charge in [0.15, 0.2) is 23.0 Å². The lowest BCUT2D eigenvalue weighted by Crippen LogP contribution is -2.44. The number of benzene rings is 2. The molecule has 1 saturated heterocycles. The average Bonchev–Trinajstić information content (AvgIpc) is 2.77. The Labute approximate surface area is 191 Å². The quantitative estimate of drug-likeness (QED) is 0.517. The Balaban J connectivity index is 1.61. The van der Waals surface area contributed by atoms with E-state index in [1.54, 1.807) is 24.3 Å². The zero-order valence-electron chi connectivity index (χ0n) is 17.7. The summed E-state index contributed by atoms with van der Waals surface area (Å²) in [5.74, 6) is 0.673. The minimum absolute atomic E-state index is 0.00168. The number of alkyl halides is 3. The predicted molar refractivity (Wildman–Crippen MR) is 115 cm³/mol. The average molecular weight is 493 g/mol. The maximum Gasteiger partial charge on any atom is 0.573 e. The molecule has 0 N–H and O–H groups in total. The van der Waals surface area contributed by atoms with Crippen LogP contribution in [-0.2, 0) is 11.0 Å². The van der Waals surface area contributed by atoms with Gasteiger partial charge in [0.1, 0.15) is 11.0 Å².